The molecule has 0 atom stereocenters. The van der Waals surface area contributed by atoms with Crippen molar-refractivity contribution in [3.63, 3.8) is 0 Å². The van der Waals surface area contributed by atoms with E-state index in [1.54, 1.807) is 17.2 Å². The highest BCUT2D eigenvalue weighted by Crippen LogP contribution is 2.21. The number of anilines is 1. The second kappa shape index (κ2) is 5.20. The van der Waals surface area contributed by atoms with Gasteiger partial charge < -0.3 is 5.32 Å². The lowest BCUT2D eigenvalue weighted by Gasteiger charge is -2.24. The van der Waals surface area contributed by atoms with E-state index in [0.717, 1.165) is 5.69 Å². The van der Waals surface area contributed by atoms with E-state index in [2.05, 4.69) is 20.4 Å². The van der Waals surface area contributed by atoms with Gasteiger partial charge in [-0.1, -0.05) is 0 Å². The van der Waals surface area contributed by atoms with Crippen LogP contribution in [-0.2, 0) is 9.84 Å². The molecular weight excluding hydrogens is 278 g/mol. The van der Waals surface area contributed by atoms with Crippen molar-refractivity contribution in [1.82, 2.24) is 19.7 Å². The fourth-order valence-electron chi connectivity index (χ4n) is 2.26. The van der Waals surface area contributed by atoms with Gasteiger partial charge in [0.2, 0.25) is 0 Å². The average Bonchev–Trinajstić information content (AvgIpc) is 2.96. The second-order valence-corrected chi connectivity index (χ2v) is 7.09. The van der Waals surface area contributed by atoms with Crippen LogP contribution in [0.4, 0.5) is 5.69 Å². The summed E-state index contributed by atoms with van der Waals surface area (Å²) < 4.78 is 24.5. The Morgan fingerprint density at radius 3 is 2.80 bits per heavy atom. The standard InChI is InChI=1S/C12H15N5O2S/c18-20(19)6-3-10(4-7-20)16-11-2-1-5-14-12(11)17-9-13-8-15-17/h1-2,5,8-10,16H,3-4,6-7H2. The smallest absolute Gasteiger partial charge is 0.178 e. The molecule has 7 nitrogen and oxygen atoms in total. The molecule has 2 aromatic heterocycles. The second-order valence-electron chi connectivity index (χ2n) is 4.79. The molecule has 0 radical (unpaired) electrons. The minimum Gasteiger partial charge on any atom is -0.379 e. The Kier molecular flexibility index (Phi) is 3.39. The summed E-state index contributed by atoms with van der Waals surface area (Å²) in [7, 11) is -2.84. The molecule has 8 heteroatoms. The van der Waals surface area contributed by atoms with Crippen molar-refractivity contribution in [2.45, 2.75) is 18.9 Å². The minimum absolute atomic E-state index is 0.144. The van der Waals surface area contributed by atoms with Crippen LogP contribution in [0.25, 0.3) is 5.82 Å². The maximum atomic E-state index is 11.4. The first-order valence-corrected chi connectivity index (χ1v) is 8.23. The molecule has 1 saturated heterocycles. The number of sulfone groups is 1. The first-order valence-electron chi connectivity index (χ1n) is 6.41. The van der Waals surface area contributed by atoms with Gasteiger partial charge in [-0.25, -0.2) is 23.1 Å². The van der Waals surface area contributed by atoms with Gasteiger partial charge in [0.05, 0.1) is 17.2 Å². The number of aromatic nitrogens is 4. The molecule has 106 valence electrons. The molecule has 0 unspecified atom stereocenters. The van der Waals surface area contributed by atoms with Gasteiger partial charge >= 0.3 is 0 Å². The largest absolute Gasteiger partial charge is 0.379 e. The highest BCUT2D eigenvalue weighted by molar-refractivity contribution is 7.91. The molecule has 0 bridgehead atoms. The summed E-state index contributed by atoms with van der Waals surface area (Å²) in [5.74, 6) is 1.14. The summed E-state index contributed by atoms with van der Waals surface area (Å²) >= 11 is 0. The first kappa shape index (κ1) is 13.0. The lowest BCUT2D eigenvalue weighted by atomic mass is 10.1. The van der Waals surface area contributed by atoms with E-state index in [0.29, 0.717) is 18.7 Å². The summed E-state index contributed by atoms with van der Waals surface area (Å²) in [6, 6.07) is 3.89. The third-order valence-electron chi connectivity index (χ3n) is 3.34. The Morgan fingerprint density at radius 1 is 1.30 bits per heavy atom. The molecule has 1 N–H and O–H groups in total. The summed E-state index contributed by atoms with van der Waals surface area (Å²) in [5.41, 5.74) is 0.835. The van der Waals surface area contributed by atoms with Crippen molar-refractivity contribution >= 4 is 15.5 Å². The molecule has 20 heavy (non-hydrogen) atoms. The van der Waals surface area contributed by atoms with Crippen molar-refractivity contribution in [2.24, 2.45) is 0 Å². The van der Waals surface area contributed by atoms with Crippen LogP contribution in [0.5, 0.6) is 0 Å². The molecule has 3 heterocycles. The Morgan fingerprint density at radius 2 is 2.10 bits per heavy atom. The van der Waals surface area contributed by atoms with Crippen LogP contribution in [0.1, 0.15) is 12.8 Å². The molecule has 0 saturated carbocycles. The van der Waals surface area contributed by atoms with Gasteiger partial charge in [0.1, 0.15) is 22.5 Å². The number of hydrogen-bond acceptors (Lipinski definition) is 6. The number of rotatable bonds is 3. The SMILES string of the molecule is O=S1(=O)CCC(Nc2cccnc2-n2cncn2)CC1. The molecule has 0 spiro atoms. The summed E-state index contributed by atoms with van der Waals surface area (Å²) in [6.45, 7) is 0. The van der Waals surface area contributed by atoms with E-state index in [1.165, 1.54) is 6.33 Å². The van der Waals surface area contributed by atoms with Crippen molar-refractivity contribution in [1.29, 1.82) is 0 Å². The maximum Gasteiger partial charge on any atom is 0.178 e. The van der Waals surface area contributed by atoms with Crippen LogP contribution >= 0.6 is 0 Å². The molecule has 1 fully saturated rings. The molecule has 2 aromatic rings. The lowest BCUT2D eigenvalue weighted by Crippen LogP contribution is -2.32. The summed E-state index contributed by atoms with van der Waals surface area (Å²) in [5, 5.41) is 7.43. The van der Waals surface area contributed by atoms with Crippen molar-refractivity contribution in [3.05, 3.63) is 31.0 Å². The van der Waals surface area contributed by atoms with Gasteiger partial charge in [0.15, 0.2) is 5.82 Å². The van der Waals surface area contributed by atoms with Gasteiger partial charge in [-0.3, -0.25) is 0 Å². The normalized spacial score (nSPS) is 18.8. The average molecular weight is 293 g/mol. The third-order valence-corrected chi connectivity index (χ3v) is 5.05. The number of nitrogens with zero attached hydrogens (tertiary/aromatic N) is 4. The van der Waals surface area contributed by atoms with Gasteiger partial charge in [-0.15, -0.1) is 0 Å². The highest BCUT2D eigenvalue weighted by Gasteiger charge is 2.24. The molecule has 3 rings (SSSR count). The van der Waals surface area contributed by atoms with Gasteiger partial charge in [0, 0.05) is 12.2 Å². The molecular formula is C12H15N5O2S. The zero-order valence-corrected chi connectivity index (χ0v) is 11.6. The van der Waals surface area contributed by atoms with Crippen LogP contribution in [0, 0.1) is 0 Å². The number of pyridine rings is 1. The lowest BCUT2D eigenvalue weighted by molar-refractivity contribution is 0.559. The van der Waals surface area contributed by atoms with Crippen molar-refractivity contribution in [2.75, 3.05) is 16.8 Å². The maximum absolute atomic E-state index is 11.4. The van der Waals surface area contributed by atoms with Crippen LogP contribution < -0.4 is 5.32 Å². The third kappa shape index (κ3) is 2.79. The Balaban J connectivity index is 1.79. The van der Waals surface area contributed by atoms with Crippen LogP contribution in [0.2, 0.25) is 0 Å². The topological polar surface area (TPSA) is 89.8 Å². The van der Waals surface area contributed by atoms with Gasteiger partial charge in [-0.2, -0.15) is 5.10 Å². The number of nitrogens with one attached hydrogen (secondary N) is 1. The van der Waals surface area contributed by atoms with Crippen LogP contribution in [-0.4, -0.2) is 45.7 Å². The van der Waals surface area contributed by atoms with E-state index >= 15 is 0 Å². The van der Waals surface area contributed by atoms with Gasteiger partial charge in [0.25, 0.3) is 0 Å². The highest BCUT2D eigenvalue weighted by atomic mass is 32.2. The first-order chi connectivity index (χ1) is 9.64. The van der Waals surface area contributed by atoms with E-state index in [9.17, 15) is 8.42 Å². The van der Waals surface area contributed by atoms with Crippen LogP contribution in [0.15, 0.2) is 31.0 Å². The molecule has 0 aliphatic carbocycles. The summed E-state index contributed by atoms with van der Waals surface area (Å²) in [4.78, 5) is 8.21. The fraction of sp³-hybridized carbons (Fsp3) is 0.417. The predicted molar refractivity (Wildman–Crippen MR) is 74.5 cm³/mol. The molecule has 0 amide bonds. The number of hydrogen-bond donors (Lipinski definition) is 1. The Labute approximate surface area is 117 Å². The zero-order chi connectivity index (χ0) is 14.0. The van der Waals surface area contributed by atoms with E-state index in [1.807, 2.05) is 12.1 Å². The zero-order valence-electron chi connectivity index (χ0n) is 10.8. The predicted octanol–water partition coefficient (Wildman–Crippen LogP) is 0.651. The Hall–Kier alpha value is -1.96. The van der Waals surface area contributed by atoms with Gasteiger partial charge in [-0.05, 0) is 25.0 Å². The van der Waals surface area contributed by atoms with E-state index in [-0.39, 0.29) is 17.5 Å². The van der Waals surface area contributed by atoms with E-state index < -0.39 is 9.84 Å². The Bertz CT molecular complexity index is 670. The molecule has 1 aliphatic rings. The van der Waals surface area contributed by atoms with Crippen molar-refractivity contribution < 1.29 is 8.42 Å². The quantitative estimate of drug-likeness (QED) is 0.893. The molecule has 0 aromatic carbocycles. The van der Waals surface area contributed by atoms with Crippen molar-refractivity contribution in [3.8, 4) is 5.82 Å². The van der Waals surface area contributed by atoms with E-state index in [4.69, 9.17) is 0 Å². The minimum atomic E-state index is -2.84. The van der Waals surface area contributed by atoms with Crippen LogP contribution in [0.3, 0.4) is 0 Å². The fourth-order valence-corrected chi connectivity index (χ4v) is 3.76. The summed E-state index contributed by atoms with van der Waals surface area (Å²) in [6.07, 6.45) is 5.96. The monoisotopic (exact) mass is 293 g/mol. The molecule has 1 aliphatic heterocycles.